The molecule has 0 aliphatic heterocycles. The first-order valence-corrected chi connectivity index (χ1v) is 7.84. The summed E-state index contributed by atoms with van der Waals surface area (Å²) in [5.41, 5.74) is 1.87. The molecule has 0 saturated carbocycles. The lowest BCUT2D eigenvalue weighted by atomic mass is 10.2. The molecule has 2 rings (SSSR count). The van der Waals surface area contributed by atoms with Crippen LogP contribution in [0.4, 0.5) is 11.4 Å². The Hall–Kier alpha value is -2.14. The molecule has 2 aromatic carbocycles. The van der Waals surface area contributed by atoms with E-state index >= 15 is 0 Å². The van der Waals surface area contributed by atoms with Gasteiger partial charge in [0.25, 0.3) is 5.91 Å². The summed E-state index contributed by atoms with van der Waals surface area (Å²) in [6, 6.07) is 14.3. The lowest BCUT2D eigenvalue weighted by molar-refractivity contribution is -0.116. The Kier molecular flexibility index (Phi) is 5.72. The maximum atomic E-state index is 12.2. The summed E-state index contributed by atoms with van der Waals surface area (Å²) in [7, 11) is 0. The van der Waals surface area contributed by atoms with E-state index in [1.54, 1.807) is 42.5 Å². The monoisotopic (exact) mass is 360 g/mol. The summed E-state index contributed by atoms with van der Waals surface area (Å²) in [6.45, 7) is 1.95. The summed E-state index contributed by atoms with van der Waals surface area (Å²) in [5, 5.41) is 5.63. The fourth-order valence-corrected chi connectivity index (χ4v) is 2.36. The summed E-state index contributed by atoms with van der Waals surface area (Å²) < 4.78 is 0.848. The molecule has 0 aliphatic rings. The first-order chi connectivity index (χ1) is 10.6. The van der Waals surface area contributed by atoms with E-state index in [0.29, 0.717) is 23.4 Å². The second-order valence-electron chi connectivity index (χ2n) is 4.84. The van der Waals surface area contributed by atoms with Crippen LogP contribution < -0.4 is 10.6 Å². The van der Waals surface area contributed by atoms with Crippen LogP contribution in [0.2, 0.25) is 0 Å². The molecule has 0 bridgehead atoms. The zero-order chi connectivity index (χ0) is 15.9. The largest absolute Gasteiger partial charge is 0.326 e. The van der Waals surface area contributed by atoms with Crippen molar-refractivity contribution < 1.29 is 9.59 Å². The predicted molar refractivity (Wildman–Crippen MR) is 92.1 cm³/mol. The summed E-state index contributed by atoms with van der Waals surface area (Å²) in [6.07, 6.45) is 1.28. The van der Waals surface area contributed by atoms with E-state index in [2.05, 4.69) is 26.6 Å². The Balaban J connectivity index is 2.07. The van der Waals surface area contributed by atoms with E-state index in [-0.39, 0.29) is 11.8 Å². The Bertz CT molecular complexity index is 686. The number of halogens is 1. The molecule has 0 aromatic heterocycles. The molecule has 2 N–H and O–H groups in total. The van der Waals surface area contributed by atoms with Gasteiger partial charge in [0.2, 0.25) is 5.91 Å². The highest BCUT2D eigenvalue weighted by molar-refractivity contribution is 9.10. The second-order valence-corrected chi connectivity index (χ2v) is 5.76. The molecule has 2 aromatic rings. The smallest absolute Gasteiger partial charge is 0.255 e. The summed E-state index contributed by atoms with van der Waals surface area (Å²) in [4.78, 5) is 23.8. The Labute approximate surface area is 138 Å². The maximum Gasteiger partial charge on any atom is 0.255 e. The van der Waals surface area contributed by atoms with E-state index in [0.717, 1.165) is 10.9 Å². The molecule has 0 atom stereocenters. The minimum atomic E-state index is -0.196. The van der Waals surface area contributed by atoms with Crippen LogP contribution in [0.5, 0.6) is 0 Å². The molecule has 0 saturated heterocycles. The minimum absolute atomic E-state index is 0.0297. The molecule has 0 fully saturated rings. The van der Waals surface area contributed by atoms with Crippen molar-refractivity contribution in [2.45, 2.75) is 19.8 Å². The topological polar surface area (TPSA) is 58.2 Å². The van der Waals surface area contributed by atoms with Crippen molar-refractivity contribution in [1.82, 2.24) is 0 Å². The van der Waals surface area contributed by atoms with Crippen molar-refractivity contribution >= 4 is 39.1 Å². The molecule has 4 nitrogen and oxygen atoms in total. The van der Waals surface area contributed by atoms with Gasteiger partial charge < -0.3 is 10.6 Å². The molecule has 0 aliphatic carbocycles. The van der Waals surface area contributed by atoms with Crippen molar-refractivity contribution in [2.24, 2.45) is 0 Å². The SMILES string of the molecule is CCCC(=O)Nc1cccc(NC(=O)c2cccc(Br)c2)c1. The molecule has 0 unspecified atom stereocenters. The number of benzene rings is 2. The molecule has 2 amide bonds. The Morgan fingerprint density at radius 1 is 1.00 bits per heavy atom. The van der Waals surface area contributed by atoms with Crippen LogP contribution in [0.25, 0.3) is 0 Å². The van der Waals surface area contributed by atoms with Crippen molar-refractivity contribution in [2.75, 3.05) is 10.6 Å². The van der Waals surface area contributed by atoms with E-state index in [1.165, 1.54) is 0 Å². The molecular weight excluding hydrogens is 344 g/mol. The highest BCUT2D eigenvalue weighted by Gasteiger charge is 2.07. The van der Waals surface area contributed by atoms with Gasteiger partial charge in [-0.05, 0) is 42.8 Å². The third-order valence-corrected chi connectivity index (χ3v) is 3.46. The quantitative estimate of drug-likeness (QED) is 0.827. The van der Waals surface area contributed by atoms with Gasteiger partial charge >= 0.3 is 0 Å². The highest BCUT2D eigenvalue weighted by atomic mass is 79.9. The number of amides is 2. The van der Waals surface area contributed by atoms with Crippen LogP contribution in [0.1, 0.15) is 30.1 Å². The lowest BCUT2D eigenvalue weighted by Crippen LogP contribution is -2.13. The molecule has 22 heavy (non-hydrogen) atoms. The summed E-state index contributed by atoms with van der Waals surface area (Å²) >= 11 is 3.34. The number of nitrogens with one attached hydrogen (secondary N) is 2. The summed E-state index contributed by atoms with van der Waals surface area (Å²) in [5.74, 6) is -0.226. The van der Waals surface area contributed by atoms with Crippen molar-refractivity contribution in [3.63, 3.8) is 0 Å². The first kappa shape index (κ1) is 16.2. The van der Waals surface area contributed by atoms with E-state index in [9.17, 15) is 9.59 Å². The zero-order valence-electron chi connectivity index (χ0n) is 12.2. The highest BCUT2D eigenvalue weighted by Crippen LogP contribution is 2.18. The zero-order valence-corrected chi connectivity index (χ0v) is 13.8. The minimum Gasteiger partial charge on any atom is -0.326 e. The molecule has 5 heteroatoms. The average Bonchev–Trinajstić information content (AvgIpc) is 2.47. The van der Waals surface area contributed by atoms with E-state index in [4.69, 9.17) is 0 Å². The van der Waals surface area contributed by atoms with Crippen molar-refractivity contribution in [3.05, 3.63) is 58.6 Å². The third kappa shape index (κ3) is 4.70. The Morgan fingerprint density at radius 3 is 2.36 bits per heavy atom. The van der Waals surface area contributed by atoms with Crippen LogP contribution in [0.3, 0.4) is 0 Å². The number of hydrogen-bond acceptors (Lipinski definition) is 2. The Morgan fingerprint density at radius 2 is 1.68 bits per heavy atom. The van der Waals surface area contributed by atoms with Crippen LogP contribution >= 0.6 is 15.9 Å². The fraction of sp³-hybridized carbons (Fsp3) is 0.176. The average molecular weight is 361 g/mol. The molecule has 0 heterocycles. The lowest BCUT2D eigenvalue weighted by Gasteiger charge is -2.09. The number of carbonyl (C=O) groups is 2. The van der Waals surface area contributed by atoms with E-state index < -0.39 is 0 Å². The van der Waals surface area contributed by atoms with Gasteiger partial charge in [0.05, 0.1) is 0 Å². The van der Waals surface area contributed by atoms with Crippen LogP contribution in [-0.4, -0.2) is 11.8 Å². The normalized spacial score (nSPS) is 10.1. The van der Waals surface area contributed by atoms with Gasteiger partial charge in [0.1, 0.15) is 0 Å². The molecule has 0 spiro atoms. The van der Waals surface area contributed by atoms with Gasteiger partial charge in [-0.3, -0.25) is 9.59 Å². The number of anilines is 2. The van der Waals surface area contributed by atoms with Gasteiger partial charge in [-0.15, -0.1) is 0 Å². The van der Waals surface area contributed by atoms with Gasteiger partial charge in [-0.1, -0.05) is 35.0 Å². The van der Waals surface area contributed by atoms with Crippen LogP contribution in [0.15, 0.2) is 53.0 Å². The predicted octanol–water partition coefficient (Wildman–Crippen LogP) is 4.44. The van der Waals surface area contributed by atoms with Crippen molar-refractivity contribution in [1.29, 1.82) is 0 Å². The molecule has 114 valence electrons. The standard InChI is InChI=1S/C17H17BrN2O2/c1-2-5-16(21)19-14-8-4-9-15(11-14)20-17(22)12-6-3-7-13(18)10-12/h3-4,6-11H,2,5H2,1H3,(H,19,21)(H,20,22). The third-order valence-electron chi connectivity index (χ3n) is 2.97. The van der Waals surface area contributed by atoms with Gasteiger partial charge in [-0.2, -0.15) is 0 Å². The van der Waals surface area contributed by atoms with Gasteiger partial charge in [0.15, 0.2) is 0 Å². The van der Waals surface area contributed by atoms with E-state index in [1.807, 2.05) is 13.0 Å². The second kappa shape index (κ2) is 7.75. The van der Waals surface area contributed by atoms with Crippen LogP contribution in [-0.2, 0) is 4.79 Å². The molecule has 0 radical (unpaired) electrons. The van der Waals surface area contributed by atoms with Crippen LogP contribution in [0, 0.1) is 0 Å². The fourth-order valence-electron chi connectivity index (χ4n) is 1.96. The van der Waals surface area contributed by atoms with Gasteiger partial charge in [0, 0.05) is 27.8 Å². The first-order valence-electron chi connectivity index (χ1n) is 7.05. The van der Waals surface area contributed by atoms with Gasteiger partial charge in [-0.25, -0.2) is 0 Å². The number of hydrogen-bond donors (Lipinski definition) is 2. The number of carbonyl (C=O) groups excluding carboxylic acids is 2. The maximum absolute atomic E-state index is 12.2. The number of rotatable bonds is 5. The molecular formula is C17H17BrN2O2. The van der Waals surface area contributed by atoms with Crippen molar-refractivity contribution in [3.8, 4) is 0 Å².